The van der Waals surface area contributed by atoms with Gasteiger partial charge < -0.3 is 5.32 Å². The fourth-order valence-corrected chi connectivity index (χ4v) is 3.62. The van der Waals surface area contributed by atoms with Crippen molar-refractivity contribution in [2.24, 2.45) is 0 Å². The molecule has 0 aliphatic carbocycles. The monoisotopic (exact) mass is 406 g/mol. The molecule has 4 rings (SSSR count). The van der Waals surface area contributed by atoms with Gasteiger partial charge in [-0.25, -0.2) is 4.98 Å². The summed E-state index contributed by atoms with van der Waals surface area (Å²) in [6.07, 6.45) is 0. The van der Waals surface area contributed by atoms with Crippen LogP contribution in [0.15, 0.2) is 72.8 Å². The molecule has 0 saturated carbocycles. The molecule has 0 aliphatic heterocycles. The van der Waals surface area contributed by atoms with Gasteiger partial charge in [-0.05, 0) is 48.0 Å². The molecule has 1 N–H and O–H groups in total. The van der Waals surface area contributed by atoms with E-state index in [1.165, 1.54) is 6.92 Å². The first-order valence-corrected chi connectivity index (χ1v) is 9.50. The number of nitrogens with one attached hydrogen (secondary N) is 1. The van der Waals surface area contributed by atoms with Gasteiger partial charge in [-0.3, -0.25) is 4.79 Å². The highest BCUT2D eigenvalue weighted by atomic mass is 35.5. The quantitative estimate of drug-likeness (QED) is 0.404. The molecule has 0 atom stereocenters. The van der Waals surface area contributed by atoms with Gasteiger partial charge in [0.05, 0.1) is 11.2 Å². The van der Waals surface area contributed by atoms with Crippen molar-refractivity contribution in [2.45, 2.75) is 6.92 Å². The Morgan fingerprint density at radius 2 is 1.71 bits per heavy atom. The van der Waals surface area contributed by atoms with Crippen molar-refractivity contribution < 1.29 is 4.79 Å². The first kappa shape index (κ1) is 18.5. The summed E-state index contributed by atoms with van der Waals surface area (Å²) in [5.74, 6) is -0.116. The first-order chi connectivity index (χ1) is 13.5. The van der Waals surface area contributed by atoms with Gasteiger partial charge in [0.25, 0.3) is 0 Å². The van der Waals surface area contributed by atoms with E-state index in [1.807, 2.05) is 72.8 Å². The second-order valence-electron chi connectivity index (χ2n) is 6.46. The van der Waals surface area contributed by atoms with Crippen LogP contribution >= 0.6 is 23.2 Å². The predicted octanol–water partition coefficient (Wildman–Crippen LogP) is 6.83. The van der Waals surface area contributed by atoms with Crippen LogP contribution in [0.25, 0.3) is 33.3 Å². The van der Waals surface area contributed by atoms with E-state index >= 15 is 0 Å². The number of benzene rings is 3. The van der Waals surface area contributed by atoms with Crippen molar-refractivity contribution in [2.75, 3.05) is 5.32 Å². The average Bonchev–Trinajstić information content (AvgIpc) is 2.67. The second kappa shape index (κ2) is 7.63. The summed E-state index contributed by atoms with van der Waals surface area (Å²) in [4.78, 5) is 16.2. The summed E-state index contributed by atoms with van der Waals surface area (Å²) in [6, 6.07) is 22.9. The van der Waals surface area contributed by atoms with Crippen molar-refractivity contribution >= 4 is 45.7 Å². The lowest BCUT2D eigenvalue weighted by Gasteiger charge is -2.13. The van der Waals surface area contributed by atoms with Crippen molar-refractivity contribution in [3.63, 3.8) is 0 Å². The fraction of sp³-hybridized carbons (Fsp3) is 0.0435. The fourth-order valence-electron chi connectivity index (χ4n) is 3.21. The number of aromatic nitrogens is 1. The molecule has 0 bridgehead atoms. The van der Waals surface area contributed by atoms with Crippen LogP contribution in [0.4, 0.5) is 5.69 Å². The molecule has 0 radical (unpaired) electrons. The Morgan fingerprint density at radius 1 is 0.893 bits per heavy atom. The number of hydrogen-bond acceptors (Lipinski definition) is 2. The van der Waals surface area contributed by atoms with E-state index in [-0.39, 0.29) is 5.91 Å². The van der Waals surface area contributed by atoms with E-state index < -0.39 is 0 Å². The van der Waals surface area contributed by atoms with Crippen LogP contribution in [-0.4, -0.2) is 10.9 Å². The van der Waals surface area contributed by atoms with Crippen LogP contribution in [0, 0.1) is 0 Å². The van der Waals surface area contributed by atoms with Crippen LogP contribution in [0.3, 0.4) is 0 Å². The molecule has 0 aliphatic rings. The van der Waals surface area contributed by atoms with E-state index in [0.29, 0.717) is 10.0 Å². The third kappa shape index (κ3) is 3.72. The van der Waals surface area contributed by atoms with Gasteiger partial charge in [-0.1, -0.05) is 53.5 Å². The Balaban J connectivity index is 1.95. The van der Waals surface area contributed by atoms with E-state index in [4.69, 9.17) is 28.2 Å². The molecule has 1 heterocycles. The first-order valence-electron chi connectivity index (χ1n) is 8.74. The number of amides is 1. The van der Waals surface area contributed by atoms with Gasteiger partial charge in [0.15, 0.2) is 0 Å². The highest BCUT2D eigenvalue weighted by Gasteiger charge is 2.13. The standard InChI is InChI=1S/C23H16Cl2N2O/c1-14(28)26-17-6-4-5-15(11-17)23-13-19(18-7-2-3-8-21(18)25)20-12-16(24)9-10-22(20)27-23/h2-13H,1H3,(H,26,28). The summed E-state index contributed by atoms with van der Waals surface area (Å²) in [6.45, 7) is 1.49. The van der Waals surface area contributed by atoms with E-state index in [1.54, 1.807) is 0 Å². The molecule has 0 unspecified atom stereocenters. The van der Waals surface area contributed by atoms with Crippen molar-refractivity contribution in [1.82, 2.24) is 4.98 Å². The zero-order chi connectivity index (χ0) is 19.7. The average molecular weight is 407 g/mol. The Kier molecular flexibility index (Phi) is 5.03. The maximum atomic E-state index is 11.4. The van der Waals surface area contributed by atoms with Gasteiger partial charge in [-0.15, -0.1) is 0 Å². The Bertz CT molecular complexity index is 1200. The van der Waals surface area contributed by atoms with Crippen LogP contribution < -0.4 is 5.32 Å². The zero-order valence-corrected chi connectivity index (χ0v) is 16.6. The number of pyridine rings is 1. The van der Waals surface area contributed by atoms with Crippen molar-refractivity contribution in [3.05, 3.63) is 82.8 Å². The molecule has 4 aromatic rings. The summed E-state index contributed by atoms with van der Waals surface area (Å²) in [5.41, 5.74) is 5.11. The third-order valence-electron chi connectivity index (χ3n) is 4.41. The SMILES string of the molecule is CC(=O)Nc1cccc(-c2cc(-c3ccccc3Cl)c3cc(Cl)ccc3n2)c1. The third-order valence-corrected chi connectivity index (χ3v) is 4.98. The van der Waals surface area contributed by atoms with Crippen LogP contribution in [0.5, 0.6) is 0 Å². The molecule has 5 heteroatoms. The van der Waals surface area contributed by atoms with E-state index in [2.05, 4.69) is 5.32 Å². The summed E-state index contributed by atoms with van der Waals surface area (Å²) < 4.78 is 0. The molecule has 0 spiro atoms. The number of halogens is 2. The number of carbonyl (C=O) groups is 1. The number of carbonyl (C=O) groups excluding carboxylic acids is 1. The highest BCUT2D eigenvalue weighted by Crippen LogP contribution is 2.37. The molecule has 1 aromatic heterocycles. The predicted molar refractivity (Wildman–Crippen MR) is 117 cm³/mol. The van der Waals surface area contributed by atoms with E-state index in [9.17, 15) is 4.79 Å². The maximum Gasteiger partial charge on any atom is 0.221 e. The zero-order valence-electron chi connectivity index (χ0n) is 15.0. The van der Waals surface area contributed by atoms with Crippen LogP contribution in [-0.2, 0) is 4.79 Å². The molecule has 0 fully saturated rings. The van der Waals surface area contributed by atoms with Crippen LogP contribution in [0.1, 0.15) is 6.92 Å². The molecule has 3 nitrogen and oxygen atoms in total. The lowest BCUT2D eigenvalue weighted by Crippen LogP contribution is -2.05. The van der Waals surface area contributed by atoms with Gasteiger partial charge in [0.2, 0.25) is 5.91 Å². The number of anilines is 1. The van der Waals surface area contributed by atoms with Gasteiger partial charge in [0.1, 0.15) is 0 Å². The van der Waals surface area contributed by atoms with Crippen molar-refractivity contribution in [1.29, 1.82) is 0 Å². The summed E-state index contributed by atoms with van der Waals surface area (Å²) >= 11 is 12.7. The molecular weight excluding hydrogens is 391 g/mol. The molecule has 0 saturated heterocycles. The number of fused-ring (bicyclic) bond motifs is 1. The Labute approximate surface area is 172 Å². The minimum Gasteiger partial charge on any atom is -0.326 e. The number of hydrogen-bond donors (Lipinski definition) is 1. The maximum absolute atomic E-state index is 11.4. The highest BCUT2D eigenvalue weighted by molar-refractivity contribution is 6.34. The molecule has 3 aromatic carbocycles. The minimum absolute atomic E-state index is 0.116. The van der Waals surface area contributed by atoms with Gasteiger partial charge >= 0.3 is 0 Å². The molecular formula is C23H16Cl2N2O. The van der Waals surface area contributed by atoms with E-state index in [0.717, 1.165) is 39.0 Å². The summed E-state index contributed by atoms with van der Waals surface area (Å²) in [7, 11) is 0. The Morgan fingerprint density at radius 3 is 2.50 bits per heavy atom. The topological polar surface area (TPSA) is 42.0 Å². The normalized spacial score (nSPS) is 10.8. The molecule has 138 valence electrons. The lowest BCUT2D eigenvalue weighted by atomic mass is 9.98. The van der Waals surface area contributed by atoms with Gasteiger partial charge in [-0.2, -0.15) is 0 Å². The smallest absolute Gasteiger partial charge is 0.221 e. The van der Waals surface area contributed by atoms with Crippen molar-refractivity contribution in [3.8, 4) is 22.4 Å². The Hall–Kier alpha value is -2.88. The number of nitrogens with zero attached hydrogens (tertiary/aromatic N) is 1. The minimum atomic E-state index is -0.116. The van der Waals surface area contributed by atoms with Crippen LogP contribution in [0.2, 0.25) is 10.0 Å². The molecule has 28 heavy (non-hydrogen) atoms. The second-order valence-corrected chi connectivity index (χ2v) is 7.30. The lowest BCUT2D eigenvalue weighted by molar-refractivity contribution is -0.114. The number of rotatable bonds is 3. The largest absolute Gasteiger partial charge is 0.326 e. The van der Waals surface area contributed by atoms with Gasteiger partial charge in [0, 0.05) is 39.2 Å². The molecule has 1 amide bonds. The summed E-state index contributed by atoms with van der Waals surface area (Å²) in [5, 5.41) is 5.04.